The zero-order valence-electron chi connectivity index (χ0n) is 12.8. The maximum absolute atomic E-state index is 13.7. The highest BCUT2D eigenvalue weighted by atomic mass is 19.2. The first-order valence-electron chi connectivity index (χ1n) is 7.15. The van der Waals surface area contributed by atoms with Crippen molar-refractivity contribution in [3.8, 4) is 11.8 Å². The molecule has 122 valence electrons. The number of rotatable bonds is 5. The van der Waals surface area contributed by atoms with Crippen LogP contribution in [0.2, 0.25) is 0 Å². The van der Waals surface area contributed by atoms with E-state index >= 15 is 0 Å². The molecule has 0 fully saturated rings. The number of hydrogen-bond acceptors (Lipinski definition) is 3. The zero-order chi connectivity index (χ0) is 17.5. The van der Waals surface area contributed by atoms with E-state index < -0.39 is 17.5 Å². The number of nitrogens with zero attached hydrogens (tertiary/aromatic N) is 1. The molecule has 0 aromatic heterocycles. The Bertz CT molecular complexity index is 826. The number of ether oxygens (including phenoxy) is 1. The van der Waals surface area contributed by atoms with E-state index in [0.29, 0.717) is 18.0 Å². The van der Waals surface area contributed by atoms with Gasteiger partial charge in [0.05, 0.1) is 12.3 Å². The fraction of sp³-hybridized carbons (Fsp3) is 0.111. The smallest absolute Gasteiger partial charge is 0.266 e. The first-order valence-corrected chi connectivity index (χ1v) is 7.15. The molecular weight excluding hydrogens is 314 g/mol. The Hall–Kier alpha value is -3.20. The number of nitrogens with one attached hydrogen (secondary N) is 1. The highest BCUT2D eigenvalue weighted by molar-refractivity contribution is 6.10. The monoisotopic (exact) mass is 328 g/mol. The predicted octanol–water partition coefficient (Wildman–Crippen LogP) is 3.91. The number of carbonyl (C=O) groups excluding carboxylic acids is 1. The molecule has 4 nitrogen and oxygen atoms in total. The Kier molecular flexibility index (Phi) is 5.63. The summed E-state index contributed by atoms with van der Waals surface area (Å²) in [6, 6.07) is 11.9. The normalized spacial score (nSPS) is 10.8. The molecule has 6 heteroatoms. The van der Waals surface area contributed by atoms with Gasteiger partial charge in [-0.15, -0.1) is 0 Å². The Morgan fingerprint density at radius 2 is 2.00 bits per heavy atom. The second-order valence-electron chi connectivity index (χ2n) is 4.70. The lowest BCUT2D eigenvalue weighted by Crippen LogP contribution is -2.14. The van der Waals surface area contributed by atoms with Crippen LogP contribution in [0, 0.1) is 23.0 Å². The van der Waals surface area contributed by atoms with Crippen molar-refractivity contribution in [2.24, 2.45) is 0 Å². The number of hydrogen-bond donors (Lipinski definition) is 1. The summed E-state index contributed by atoms with van der Waals surface area (Å²) in [7, 11) is 0. The van der Waals surface area contributed by atoms with Gasteiger partial charge in [0.1, 0.15) is 17.4 Å². The van der Waals surface area contributed by atoms with Gasteiger partial charge in [-0.25, -0.2) is 8.78 Å². The molecule has 24 heavy (non-hydrogen) atoms. The van der Waals surface area contributed by atoms with Crippen molar-refractivity contribution in [2.75, 3.05) is 11.9 Å². The third-order valence-electron chi connectivity index (χ3n) is 3.08. The molecule has 2 aromatic rings. The van der Waals surface area contributed by atoms with Gasteiger partial charge in [0.25, 0.3) is 5.91 Å². The lowest BCUT2D eigenvalue weighted by Gasteiger charge is -2.10. The van der Waals surface area contributed by atoms with Crippen LogP contribution in [-0.2, 0) is 4.79 Å². The summed E-state index contributed by atoms with van der Waals surface area (Å²) < 4.78 is 32.3. The molecule has 0 aliphatic rings. The van der Waals surface area contributed by atoms with Crippen LogP contribution >= 0.6 is 0 Å². The molecule has 0 aliphatic heterocycles. The fourth-order valence-corrected chi connectivity index (χ4v) is 1.98. The van der Waals surface area contributed by atoms with Gasteiger partial charge in [-0.3, -0.25) is 4.79 Å². The van der Waals surface area contributed by atoms with Gasteiger partial charge < -0.3 is 10.1 Å². The highest BCUT2D eigenvalue weighted by Gasteiger charge is 2.14. The Balaban J connectivity index is 2.29. The van der Waals surface area contributed by atoms with Gasteiger partial charge in [-0.2, -0.15) is 5.26 Å². The Morgan fingerprint density at radius 3 is 2.71 bits per heavy atom. The third-order valence-corrected chi connectivity index (χ3v) is 3.08. The zero-order valence-corrected chi connectivity index (χ0v) is 12.8. The molecule has 2 rings (SSSR count). The molecule has 1 N–H and O–H groups in total. The molecule has 0 aliphatic carbocycles. The van der Waals surface area contributed by atoms with E-state index in [1.165, 1.54) is 12.1 Å². The topological polar surface area (TPSA) is 62.1 Å². The van der Waals surface area contributed by atoms with Crippen LogP contribution in [0.25, 0.3) is 6.08 Å². The van der Waals surface area contributed by atoms with E-state index in [0.717, 1.165) is 12.1 Å². The average Bonchev–Trinajstić information content (AvgIpc) is 2.58. The third kappa shape index (κ3) is 3.96. The molecule has 0 radical (unpaired) electrons. The van der Waals surface area contributed by atoms with Crippen LogP contribution in [0.5, 0.6) is 5.75 Å². The quantitative estimate of drug-likeness (QED) is 0.668. The lowest BCUT2D eigenvalue weighted by molar-refractivity contribution is -0.112. The molecule has 0 atom stereocenters. The first kappa shape index (κ1) is 17.2. The number of halogens is 2. The summed E-state index contributed by atoms with van der Waals surface area (Å²) >= 11 is 0. The molecule has 0 spiro atoms. The maximum Gasteiger partial charge on any atom is 0.266 e. The van der Waals surface area contributed by atoms with Crippen LogP contribution in [0.4, 0.5) is 14.5 Å². The number of para-hydroxylation sites is 2. The van der Waals surface area contributed by atoms with E-state index in [1.54, 1.807) is 37.3 Å². The van der Waals surface area contributed by atoms with Gasteiger partial charge in [0, 0.05) is 5.56 Å². The molecule has 0 unspecified atom stereocenters. The summed E-state index contributed by atoms with van der Waals surface area (Å²) in [4.78, 5) is 12.2. The van der Waals surface area contributed by atoms with Crippen molar-refractivity contribution in [3.05, 3.63) is 65.2 Å². The van der Waals surface area contributed by atoms with Crippen molar-refractivity contribution in [1.29, 1.82) is 5.26 Å². The van der Waals surface area contributed by atoms with E-state index in [9.17, 15) is 13.6 Å². The minimum Gasteiger partial charge on any atom is -0.492 e. The van der Waals surface area contributed by atoms with Crippen LogP contribution in [0.1, 0.15) is 12.5 Å². The second-order valence-corrected chi connectivity index (χ2v) is 4.70. The summed E-state index contributed by atoms with van der Waals surface area (Å²) in [5.41, 5.74) is -0.157. The molecule has 2 aromatic carbocycles. The van der Waals surface area contributed by atoms with Crippen LogP contribution in [0.15, 0.2) is 48.0 Å². The second kappa shape index (κ2) is 7.88. The van der Waals surface area contributed by atoms with Gasteiger partial charge >= 0.3 is 0 Å². The van der Waals surface area contributed by atoms with Gasteiger partial charge in [0.15, 0.2) is 11.6 Å². The fourth-order valence-electron chi connectivity index (χ4n) is 1.98. The number of carbonyl (C=O) groups is 1. The Morgan fingerprint density at radius 1 is 1.25 bits per heavy atom. The lowest BCUT2D eigenvalue weighted by atomic mass is 10.1. The summed E-state index contributed by atoms with van der Waals surface area (Å²) in [6.45, 7) is 2.20. The largest absolute Gasteiger partial charge is 0.492 e. The van der Waals surface area contributed by atoms with E-state index in [4.69, 9.17) is 10.00 Å². The van der Waals surface area contributed by atoms with E-state index in [-0.39, 0.29) is 11.1 Å². The van der Waals surface area contributed by atoms with Gasteiger partial charge in [0.2, 0.25) is 0 Å². The molecule has 0 heterocycles. The van der Waals surface area contributed by atoms with Gasteiger partial charge in [-0.1, -0.05) is 24.3 Å². The standard InChI is InChI=1S/C18H14F2N2O2/c1-2-24-16-9-4-3-8-15(16)22-18(23)13(11-21)10-12-6-5-7-14(19)17(12)20/h3-10H,2H2,1H3,(H,22,23). The maximum atomic E-state index is 13.7. The minimum absolute atomic E-state index is 0.181. The summed E-state index contributed by atoms with van der Waals surface area (Å²) in [6.07, 6.45) is 0.997. The first-order chi connectivity index (χ1) is 11.6. The van der Waals surface area contributed by atoms with Crippen molar-refractivity contribution >= 4 is 17.7 Å². The minimum atomic E-state index is -1.12. The van der Waals surface area contributed by atoms with Crippen molar-refractivity contribution in [1.82, 2.24) is 0 Å². The average molecular weight is 328 g/mol. The number of amides is 1. The summed E-state index contributed by atoms with van der Waals surface area (Å²) in [5, 5.41) is 11.7. The van der Waals surface area contributed by atoms with Crippen LogP contribution in [-0.4, -0.2) is 12.5 Å². The van der Waals surface area contributed by atoms with Crippen LogP contribution in [0.3, 0.4) is 0 Å². The predicted molar refractivity (Wildman–Crippen MR) is 86.2 cm³/mol. The van der Waals surface area contributed by atoms with Gasteiger partial charge in [-0.05, 0) is 31.2 Å². The highest BCUT2D eigenvalue weighted by Crippen LogP contribution is 2.24. The Labute approximate surface area is 138 Å². The molecule has 0 bridgehead atoms. The van der Waals surface area contributed by atoms with E-state index in [1.807, 2.05) is 0 Å². The number of nitriles is 1. The molecular formula is C18H14F2N2O2. The number of anilines is 1. The summed E-state index contributed by atoms with van der Waals surface area (Å²) in [5.74, 6) is -2.47. The molecule has 1 amide bonds. The van der Waals surface area contributed by atoms with Crippen molar-refractivity contribution in [2.45, 2.75) is 6.92 Å². The van der Waals surface area contributed by atoms with Crippen molar-refractivity contribution in [3.63, 3.8) is 0 Å². The number of benzene rings is 2. The molecule has 0 saturated heterocycles. The molecule has 0 saturated carbocycles. The van der Waals surface area contributed by atoms with Crippen molar-refractivity contribution < 1.29 is 18.3 Å². The SMILES string of the molecule is CCOc1ccccc1NC(=O)C(C#N)=Cc1cccc(F)c1F. The van der Waals surface area contributed by atoms with E-state index in [2.05, 4.69) is 5.32 Å². The van der Waals surface area contributed by atoms with Crippen LogP contribution < -0.4 is 10.1 Å².